The van der Waals surface area contributed by atoms with Gasteiger partial charge in [-0.3, -0.25) is 14.3 Å². The third-order valence-corrected chi connectivity index (χ3v) is 4.65. The second-order valence-electron chi connectivity index (χ2n) is 6.35. The molecule has 0 spiro atoms. The maximum Gasteiger partial charge on any atom is 0.330 e. The van der Waals surface area contributed by atoms with Gasteiger partial charge in [-0.2, -0.15) is 0 Å². The number of nitrogens with one attached hydrogen (secondary N) is 1. The molecule has 1 aliphatic rings. The molecule has 0 bridgehead atoms. The van der Waals surface area contributed by atoms with E-state index in [1.165, 1.54) is 12.3 Å². The highest BCUT2D eigenvalue weighted by Gasteiger charge is 2.55. The monoisotopic (exact) mass is 370 g/mol. The molecule has 27 heavy (non-hydrogen) atoms. The van der Waals surface area contributed by atoms with E-state index in [-0.39, 0.29) is 6.61 Å². The number of aliphatic hydroxyl groups is 1. The third kappa shape index (κ3) is 3.74. The minimum Gasteiger partial charge on any atom is -0.386 e. The van der Waals surface area contributed by atoms with Gasteiger partial charge in [0.1, 0.15) is 12.2 Å². The van der Waals surface area contributed by atoms with E-state index in [1.54, 1.807) is 6.92 Å². The molecule has 0 amide bonds. The van der Waals surface area contributed by atoms with Gasteiger partial charge in [-0.1, -0.05) is 43.2 Å². The lowest BCUT2D eigenvalue weighted by atomic mass is 9.92. The average molecular weight is 370 g/mol. The summed E-state index contributed by atoms with van der Waals surface area (Å²) in [5.41, 5.74) is -1.30. The largest absolute Gasteiger partial charge is 0.386 e. The molecule has 1 aromatic carbocycles. The molecule has 7 heteroatoms. The van der Waals surface area contributed by atoms with E-state index in [4.69, 9.17) is 9.47 Å². The van der Waals surface area contributed by atoms with Crippen LogP contribution in [0.15, 0.2) is 52.2 Å². The first-order valence-corrected chi connectivity index (χ1v) is 8.77. The average Bonchev–Trinajstić information content (AvgIpc) is 2.93. The molecule has 2 N–H and O–H groups in total. The maximum absolute atomic E-state index is 12.2. The van der Waals surface area contributed by atoms with E-state index >= 15 is 0 Å². The van der Waals surface area contributed by atoms with Crippen LogP contribution < -0.4 is 11.2 Å². The van der Waals surface area contributed by atoms with Crippen LogP contribution in [-0.4, -0.2) is 32.5 Å². The fraction of sp³-hybridized carbons (Fsp3) is 0.400. The van der Waals surface area contributed by atoms with Crippen molar-refractivity contribution in [3.05, 3.63) is 69.0 Å². The summed E-state index contributed by atoms with van der Waals surface area (Å²) in [5, 5.41) is 10.9. The van der Waals surface area contributed by atoms with Gasteiger partial charge in [0, 0.05) is 12.3 Å². The van der Waals surface area contributed by atoms with Gasteiger partial charge in [-0.05, 0) is 18.9 Å². The minimum absolute atomic E-state index is 0.270. The number of aromatic nitrogens is 2. The molecule has 1 aliphatic heterocycles. The molecule has 1 saturated heterocycles. The van der Waals surface area contributed by atoms with Crippen LogP contribution in [0.1, 0.15) is 32.1 Å². The number of ether oxygens (including phenoxy) is 2. The summed E-state index contributed by atoms with van der Waals surface area (Å²) in [4.78, 5) is 25.7. The lowest BCUT2D eigenvalue weighted by molar-refractivity contribution is -0.0881. The first kappa shape index (κ1) is 19.1. The van der Waals surface area contributed by atoms with E-state index in [0.717, 1.165) is 10.1 Å². The zero-order chi connectivity index (χ0) is 19.4. The SMILES string of the molecule is CC#C[C@]1(CC)O[C@@H](n2ccc(=O)[nH]c2=O)C(O)[C@H]1OCc1ccccc1. The van der Waals surface area contributed by atoms with Crippen LogP contribution in [0, 0.1) is 11.8 Å². The Morgan fingerprint density at radius 1 is 1.30 bits per heavy atom. The van der Waals surface area contributed by atoms with Crippen molar-refractivity contribution in [3.63, 3.8) is 0 Å². The second kappa shape index (κ2) is 7.92. The van der Waals surface area contributed by atoms with Crippen LogP contribution in [0.2, 0.25) is 0 Å². The second-order valence-corrected chi connectivity index (χ2v) is 6.35. The summed E-state index contributed by atoms with van der Waals surface area (Å²) in [6.07, 6.45) is -1.17. The fourth-order valence-corrected chi connectivity index (χ4v) is 3.31. The van der Waals surface area contributed by atoms with Crippen molar-refractivity contribution in [1.29, 1.82) is 0 Å². The van der Waals surface area contributed by atoms with Crippen molar-refractivity contribution >= 4 is 0 Å². The molecule has 4 atom stereocenters. The van der Waals surface area contributed by atoms with Gasteiger partial charge in [0.25, 0.3) is 5.56 Å². The molecule has 142 valence electrons. The molecule has 3 rings (SSSR count). The number of hydrogen-bond acceptors (Lipinski definition) is 5. The van der Waals surface area contributed by atoms with Gasteiger partial charge in [0.15, 0.2) is 11.8 Å². The number of aromatic amines is 1. The number of benzene rings is 1. The molecule has 7 nitrogen and oxygen atoms in total. The van der Waals surface area contributed by atoms with Crippen molar-refractivity contribution in [3.8, 4) is 11.8 Å². The fourth-order valence-electron chi connectivity index (χ4n) is 3.31. The smallest absolute Gasteiger partial charge is 0.330 e. The Bertz CT molecular complexity index is 956. The zero-order valence-corrected chi connectivity index (χ0v) is 15.2. The lowest BCUT2D eigenvalue weighted by Crippen LogP contribution is -2.43. The summed E-state index contributed by atoms with van der Waals surface area (Å²) in [5.74, 6) is 5.85. The molecule has 1 fully saturated rings. The normalized spacial score (nSPS) is 27.1. The van der Waals surface area contributed by atoms with E-state index in [9.17, 15) is 14.7 Å². The summed E-state index contributed by atoms with van der Waals surface area (Å²) in [6, 6.07) is 10.8. The number of rotatable bonds is 5. The minimum atomic E-state index is -1.14. The Kier molecular flexibility index (Phi) is 5.61. The third-order valence-electron chi connectivity index (χ3n) is 4.65. The Hall–Kier alpha value is -2.66. The van der Waals surface area contributed by atoms with Gasteiger partial charge < -0.3 is 14.6 Å². The summed E-state index contributed by atoms with van der Waals surface area (Å²) in [7, 11) is 0. The Balaban J connectivity index is 1.94. The van der Waals surface area contributed by atoms with Crippen LogP contribution in [0.4, 0.5) is 0 Å². The molecule has 2 aromatic rings. The maximum atomic E-state index is 12.2. The van der Waals surface area contributed by atoms with E-state index in [0.29, 0.717) is 6.42 Å². The van der Waals surface area contributed by atoms with Crippen molar-refractivity contribution in [2.45, 2.75) is 50.9 Å². The van der Waals surface area contributed by atoms with Gasteiger partial charge >= 0.3 is 5.69 Å². The van der Waals surface area contributed by atoms with Crippen LogP contribution in [-0.2, 0) is 16.1 Å². The molecule has 0 radical (unpaired) electrons. The van der Waals surface area contributed by atoms with Crippen LogP contribution in [0.25, 0.3) is 0 Å². The summed E-state index contributed by atoms with van der Waals surface area (Å²) < 4.78 is 13.2. The van der Waals surface area contributed by atoms with E-state index in [2.05, 4.69) is 16.8 Å². The molecular weight excluding hydrogens is 348 g/mol. The van der Waals surface area contributed by atoms with Gasteiger partial charge in [0.2, 0.25) is 0 Å². The van der Waals surface area contributed by atoms with Gasteiger partial charge in [0.05, 0.1) is 6.61 Å². The molecule has 1 aromatic heterocycles. The van der Waals surface area contributed by atoms with Crippen molar-refractivity contribution in [2.75, 3.05) is 0 Å². The van der Waals surface area contributed by atoms with E-state index < -0.39 is 35.3 Å². The van der Waals surface area contributed by atoms with Crippen molar-refractivity contribution in [2.24, 2.45) is 0 Å². The first-order valence-electron chi connectivity index (χ1n) is 8.77. The highest BCUT2D eigenvalue weighted by Crippen LogP contribution is 2.40. The quantitative estimate of drug-likeness (QED) is 0.771. The van der Waals surface area contributed by atoms with Crippen LogP contribution in [0.5, 0.6) is 0 Å². The van der Waals surface area contributed by atoms with Crippen LogP contribution in [0.3, 0.4) is 0 Å². The molecule has 0 saturated carbocycles. The first-order chi connectivity index (χ1) is 13.0. The van der Waals surface area contributed by atoms with Crippen molar-refractivity contribution < 1.29 is 14.6 Å². The predicted octanol–water partition coefficient (Wildman–Crippen LogP) is 1.18. The number of hydrogen-bond donors (Lipinski definition) is 2. The highest BCUT2D eigenvalue weighted by atomic mass is 16.6. The molecule has 0 aliphatic carbocycles. The highest BCUT2D eigenvalue weighted by molar-refractivity contribution is 5.22. The van der Waals surface area contributed by atoms with Crippen LogP contribution >= 0.6 is 0 Å². The predicted molar refractivity (Wildman–Crippen MR) is 98.9 cm³/mol. The lowest BCUT2D eigenvalue weighted by Gasteiger charge is -2.28. The number of aliphatic hydroxyl groups excluding tert-OH is 1. The Morgan fingerprint density at radius 3 is 2.67 bits per heavy atom. The number of H-pyrrole nitrogens is 1. The Morgan fingerprint density at radius 2 is 2.04 bits per heavy atom. The topological polar surface area (TPSA) is 93.6 Å². The van der Waals surface area contributed by atoms with Gasteiger partial charge in [-0.25, -0.2) is 4.79 Å². The van der Waals surface area contributed by atoms with Gasteiger partial charge in [-0.15, -0.1) is 5.92 Å². The molecular formula is C20H22N2O5. The number of nitrogens with zero attached hydrogens (tertiary/aromatic N) is 1. The summed E-state index contributed by atoms with van der Waals surface area (Å²) >= 11 is 0. The van der Waals surface area contributed by atoms with E-state index in [1.807, 2.05) is 37.3 Å². The Labute approximate surface area is 156 Å². The standard InChI is InChI=1S/C20H22N2O5/c1-3-11-20(4-2)17(26-13-14-8-6-5-7-9-14)16(24)18(27-20)22-12-10-15(23)21-19(22)25/h5-10,12,16-18,24H,4,13H2,1-2H3,(H,21,23,25)/t16?,17-,18-,20+/m1/s1. The summed E-state index contributed by atoms with van der Waals surface area (Å²) in [6.45, 7) is 3.83. The van der Waals surface area contributed by atoms with Crippen molar-refractivity contribution in [1.82, 2.24) is 9.55 Å². The molecule has 2 heterocycles. The molecule has 1 unspecified atom stereocenters. The zero-order valence-electron chi connectivity index (χ0n) is 15.2.